The molecule has 0 unspecified atom stereocenters. The maximum absolute atomic E-state index is 16.1. The molecule has 6 aromatic rings. The van der Waals surface area contributed by atoms with Crippen LogP contribution in [-0.2, 0) is 72.0 Å². The van der Waals surface area contributed by atoms with Crippen molar-refractivity contribution in [1.29, 1.82) is 0 Å². The van der Waals surface area contributed by atoms with Crippen LogP contribution >= 0.6 is 0 Å². The number of methoxy groups -OCH3 is 1. The van der Waals surface area contributed by atoms with Crippen molar-refractivity contribution in [3.63, 3.8) is 0 Å². The lowest BCUT2D eigenvalue weighted by molar-refractivity contribution is -0.147. The molecule has 33 heteroatoms. The Morgan fingerprint density at radius 1 is 0.657 bits per heavy atom. The molecule has 9 rings (SSSR count). The standard InChI is InChI=1S/C72H86F3N15O15/c1-36-61(94)81-37(2)62(95)84-55(28-43-33-79-51-19-15-45(73)30-49(43)51)66(99)85-57(29-44-34-80-52-20-16-46(74)31-50(44)52)69(102)89-35-47(75)32-58(89)67(100)88-59(38(3)91)68(101)86-56(26-40-13-17-48(105-6)18-14-40)70(103)90-25-9-22-72(90,5)71(104)87-53(60(76)93)12-8-23-77-63(96)41-10-7-11-42(27-41)64(97)78-24-21-54(65(98)82-36)83-39(4)92/h7,10-11,13-20,27,30-31,33-34,36-38,47,53-59,79-80,91H,8-9,12,21-26,28-29,32,35H2,1-6H3,(H2,76,93)(H,77,96)(H,78,97)(H,81,94)(H,82,98)(H,83,92)(H,84,95)(H,85,99)(H,86,101)(H,87,104)(H,88,100)/t36-,37+,38-,47-,53-,54-,55-,56-,57-,58-,59-,72-/m0/s1. The van der Waals surface area contributed by atoms with Crippen molar-refractivity contribution in [1.82, 2.24) is 72.9 Å². The first-order valence-electron chi connectivity index (χ1n) is 34.4. The van der Waals surface area contributed by atoms with Gasteiger partial charge in [-0.25, -0.2) is 13.2 Å². The number of carbonyl (C=O) groups excluding carboxylic acids is 13. The fourth-order valence-electron chi connectivity index (χ4n) is 13.1. The Hall–Kier alpha value is -11.4. The molecule has 2 saturated heterocycles. The van der Waals surface area contributed by atoms with Gasteiger partial charge < -0.3 is 88.5 Å². The van der Waals surface area contributed by atoms with Gasteiger partial charge in [0.1, 0.15) is 83.5 Å². The SMILES string of the molecule is COc1ccc(C[C@@H]2NC(=O)[C@H]([C@H](C)O)NC(=O)[C@@H]3C[C@H](F)CN3C(=O)[C@H](Cc3c[nH]c4ccc(F)cc34)NC(=O)[C@H](Cc3c[nH]c4ccc(F)cc34)NC(=O)[C@@H](C)NC(=O)[C@H](C)NC(=O)[C@@H](NC(C)=O)CCNC(=O)c3cccc(c3)C(=O)NCCC[C@@H](C(N)=O)NC(=O)[C@]3(C)CCCN3C2=O)cc1. The number of aromatic nitrogens is 2. The number of aliphatic hydroxyl groups is 1. The number of ether oxygens (including phenoxy) is 1. The Morgan fingerprint density at radius 3 is 1.81 bits per heavy atom. The minimum absolute atomic E-state index is 0.0282. The van der Waals surface area contributed by atoms with Crippen LogP contribution in [0.5, 0.6) is 5.75 Å². The Morgan fingerprint density at radius 2 is 1.22 bits per heavy atom. The number of carbonyl (C=O) groups is 13. The average molecular weight is 1460 g/mol. The molecule has 3 aliphatic heterocycles. The van der Waals surface area contributed by atoms with Crippen LogP contribution in [-0.4, -0.2) is 207 Å². The van der Waals surface area contributed by atoms with Gasteiger partial charge in [-0.3, -0.25) is 62.3 Å². The Labute approximate surface area is 600 Å². The van der Waals surface area contributed by atoms with E-state index in [9.17, 15) is 57.4 Å². The van der Waals surface area contributed by atoms with E-state index >= 15 is 23.2 Å². The summed E-state index contributed by atoms with van der Waals surface area (Å²) >= 11 is 0. The van der Waals surface area contributed by atoms with Gasteiger partial charge in [0.15, 0.2) is 0 Å². The van der Waals surface area contributed by atoms with Crippen LogP contribution in [0.1, 0.15) is 111 Å². The smallest absolute Gasteiger partial charge is 0.251 e. The molecule has 2 fully saturated rings. The van der Waals surface area contributed by atoms with Gasteiger partial charge in [-0.2, -0.15) is 0 Å². The molecule has 5 heterocycles. The summed E-state index contributed by atoms with van der Waals surface area (Å²) < 4.78 is 51.4. The molecule has 4 aromatic carbocycles. The number of aliphatic hydroxyl groups excluding tert-OH is 1. The number of rotatable bonds is 10. The number of halogens is 3. The highest BCUT2D eigenvalue weighted by Gasteiger charge is 2.49. The number of amides is 13. The predicted octanol–water partition coefficient (Wildman–Crippen LogP) is 0.432. The van der Waals surface area contributed by atoms with Crippen molar-refractivity contribution in [3.8, 4) is 5.75 Å². The summed E-state index contributed by atoms with van der Waals surface area (Å²) in [5.41, 5.74) is 6.01. The number of aromatic amines is 2. The highest BCUT2D eigenvalue weighted by molar-refractivity contribution is 6.02. The minimum Gasteiger partial charge on any atom is -0.497 e. The van der Waals surface area contributed by atoms with Crippen molar-refractivity contribution in [2.24, 2.45) is 5.73 Å². The quantitative estimate of drug-likeness (QED) is 0.0885. The summed E-state index contributed by atoms with van der Waals surface area (Å²) in [5, 5.41) is 37.6. The Kier molecular flexibility index (Phi) is 25.4. The van der Waals surface area contributed by atoms with E-state index in [1.54, 1.807) is 24.3 Å². The summed E-state index contributed by atoms with van der Waals surface area (Å²) in [6, 6.07) is 5.20. The molecular formula is C72H86F3N15O15. The third-order valence-corrected chi connectivity index (χ3v) is 19.0. The van der Waals surface area contributed by atoms with Gasteiger partial charge in [-0.15, -0.1) is 0 Å². The second kappa shape index (κ2) is 34.3. The molecule has 0 saturated carbocycles. The fourth-order valence-corrected chi connectivity index (χ4v) is 13.1. The van der Waals surface area contributed by atoms with Gasteiger partial charge in [0.05, 0.1) is 19.8 Å². The van der Waals surface area contributed by atoms with Crippen LogP contribution < -0.4 is 63.6 Å². The molecule has 0 spiro atoms. The maximum Gasteiger partial charge on any atom is 0.251 e. The molecule has 3 aliphatic rings. The number of nitrogens with zero attached hydrogens (tertiary/aromatic N) is 2. The summed E-state index contributed by atoms with van der Waals surface area (Å²) in [6.07, 6.45) is -2.55. The number of nitrogens with one attached hydrogen (secondary N) is 12. The van der Waals surface area contributed by atoms with E-state index in [0.29, 0.717) is 22.3 Å². The van der Waals surface area contributed by atoms with Gasteiger partial charge in [-0.05, 0) is 143 Å². The first-order chi connectivity index (χ1) is 49.9. The Bertz CT molecular complexity index is 4300. The number of hydrogen-bond donors (Lipinski definition) is 14. The molecule has 15 N–H and O–H groups in total. The zero-order valence-corrected chi connectivity index (χ0v) is 58.5. The summed E-state index contributed by atoms with van der Waals surface area (Å²) in [4.78, 5) is 192. The number of hydrogen-bond acceptors (Lipinski definition) is 15. The number of fused-ring (bicyclic) bond motifs is 6. The molecule has 0 radical (unpaired) electrons. The van der Waals surface area contributed by atoms with E-state index in [2.05, 4.69) is 63.1 Å². The number of H-pyrrole nitrogens is 2. The molecule has 105 heavy (non-hydrogen) atoms. The van der Waals surface area contributed by atoms with E-state index in [-0.39, 0.29) is 91.2 Å². The van der Waals surface area contributed by atoms with Gasteiger partial charge in [0.2, 0.25) is 65.0 Å². The summed E-state index contributed by atoms with van der Waals surface area (Å²) in [7, 11) is 1.44. The van der Waals surface area contributed by atoms with E-state index in [1.165, 1.54) is 99.8 Å². The zero-order valence-electron chi connectivity index (χ0n) is 58.5. The van der Waals surface area contributed by atoms with E-state index in [4.69, 9.17) is 10.5 Å². The van der Waals surface area contributed by atoms with Crippen LogP contribution in [0.4, 0.5) is 13.2 Å². The number of alkyl halides is 1. The van der Waals surface area contributed by atoms with Crippen molar-refractivity contribution < 1.29 is 85.3 Å². The maximum atomic E-state index is 16.1. The van der Waals surface area contributed by atoms with E-state index in [0.717, 1.165) is 24.8 Å². The monoisotopic (exact) mass is 1460 g/mol. The third kappa shape index (κ3) is 19.3. The third-order valence-electron chi connectivity index (χ3n) is 19.0. The van der Waals surface area contributed by atoms with Crippen molar-refractivity contribution in [2.75, 3.05) is 33.3 Å². The van der Waals surface area contributed by atoms with Crippen molar-refractivity contribution in [3.05, 3.63) is 137 Å². The second-order valence-electron chi connectivity index (χ2n) is 26.8. The van der Waals surface area contributed by atoms with Crippen LogP contribution in [0, 0.1) is 11.6 Å². The topological polar surface area (TPSA) is 436 Å². The van der Waals surface area contributed by atoms with Crippen LogP contribution in [0.2, 0.25) is 0 Å². The molecule has 30 nitrogen and oxygen atoms in total. The summed E-state index contributed by atoms with van der Waals surface area (Å²) in [6.45, 7) is 5.18. The predicted molar refractivity (Wildman–Crippen MR) is 373 cm³/mol. The first-order valence-corrected chi connectivity index (χ1v) is 34.4. The second-order valence-corrected chi connectivity index (χ2v) is 26.8. The minimum atomic E-state index is -1.93. The molecule has 2 aromatic heterocycles. The zero-order chi connectivity index (χ0) is 76.1. The lowest BCUT2D eigenvalue weighted by Gasteiger charge is -2.37. The van der Waals surface area contributed by atoms with Crippen LogP contribution in [0.15, 0.2) is 97.3 Å². The van der Waals surface area contributed by atoms with Crippen LogP contribution in [0.3, 0.4) is 0 Å². The average Bonchev–Trinajstić information content (AvgIpc) is 1.68. The molecule has 12 atom stereocenters. The van der Waals surface area contributed by atoms with E-state index < -0.39 is 186 Å². The first kappa shape index (κ1) is 77.8. The van der Waals surface area contributed by atoms with Gasteiger partial charge in [0, 0.05) is 97.6 Å². The molecule has 13 amide bonds. The largest absolute Gasteiger partial charge is 0.497 e. The Balaban J connectivity index is 1.05. The molecule has 560 valence electrons. The van der Waals surface area contributed by atoms with Crippen molar-refractivity contribution >= 4 is 98.6 Å². The number of primary amides is 1. The highest BCUT2D eigenvalue weighted by Crippen LogP contribution is 2.32. The summed E-state index contributed by atoms with van der Waals surface area (Å²) in [5.74, 6) is -12.7. The molecular weight excluding hydrogens is 1370 g/mol. The lowest BCUT2D eigenvalue weighted by atomic mass is 9.95. The normalized spacial score (nSPS) is 25.6. The number of nitrogens with two attached hydrogens (primary N) is 1. The highest BCUT2D eigenvalue weighted by atomic mass is 19.1. The number of benzene rings is 4. The molecule has 2 bridgehead atoms. The van der Waals surface area contributed by atoms with E-state index in [1.807, 2.05) is 0 Å². The van der Waals surface area contributed by atoms with Crippen molar-refractivity contribution in [2.45, 2.75) is 165 Å². The lowest BCUT2D eigenvalue weighted by Crippen LogP contribution is -2.64. The van der Waals surface area contributed by atoms with Gasteiger partial charge >= 0.3 is 0 Å². The molecule has 0 aliphatic carbocycles. The fraction of sp³-hybridized carbons (Fsp3) is 0.431. The van der Waals surface area contributed by atoms with Gasteiger partial charge in [0.25, 0.3) is 11.8 Å². The van der Waals surface area contributed by atoms with Crippen LogP contribution in [0.25, 0.3) is 21.8 Å². The van der Waals surface area contributed by atoms with Gasteiger partial charge in [-0.1, -0.05) is 18.2 Å².